The zero-order valence-corrected chi connectivity index (χ0v) is 15.6. The highest BCUT2D eigenvalue weighted by molar-refractivity contribution is 7.21. The van der Waals surface area contributed by atoms with Gasteiger partial charge in [0.05, 0.1) is 20.8 Å². The number of carboxylic acid groups (broad SMARTS) is 1. The Balaban J connectivity index is 1.97. The molecule has 1 heterocycles. The Labute approximate surface area is 155 Å². The SMILES string of the molecule is COc1cc2sc(C(=O)O)c(OC[C@H](C)c3ccccc3)c2cc1OC. The van der Waals surface area contributed by atoms with Crippen LogP contribution in [0.15, 0.2) is 42.5 Å². The van der Waals surface area contributed by atoms with E-state index in [0.29, 0.717) is 29.2 Å². The molecule has 0 aliphatic rings. The molecule has 136 valence electrons. The molecule has 0 unspecified atom stereocenters. The average molecular weight is 372 g/mol. The molecule has 3 aromatic rings. The molecule has 2 aromatic carbocycles. The molecule has 0 amide bonds. The van der Waals surface area contributed by atoms with Gasteiger partial charge in [-0.3, -0.25) is 0 Å². The molecule has 0 fully saturated rings. The van der Waals surface area contributed by atoms with Gasteiger partial charge in [0.25, 0.3) is 0 Å². The molecule has 3 rings (SSSR count). The third-order valence-electron chi connectivity index (χ3n) is 4.19. The molecule has 6 heteroatoms. The lowest BCUT2D eigenvalue weighted by Gasteiger charge is -2.14. The highest BCUT2D eigenvalue weighted by atomic mass is 32.1. The zero-order chi connectivity index (χ0) is 18.7. The smallest absolute Gasteiger partial charge is 0.349 e. The fourth-order valence-electron chi connectivity index (χ4n) is 2.77. The van der Waals surface area contributed by atoms with Crippen LogP contribution in [0.4, 0.5) is 0 Å². The van der Waals surface area contributed by atoms with E-state index in [-0.39, 0.29) is 10.8 Å². The number of carboxylic acids is 1. The van der Waals surface area contributed by atoms with Crippen molar-refractivity contribution >= 4 is 27.4 Å². The van der Waals surface area contributed by atoms with Crippen LogP contribution in [-0.4, -0.2) is 31.9 Å². The normalized spacial score (nSPS) is 12.0. The van der Waals surface area contributed by atoms with Crippen molar-refractivity contribution in [1.29, 1.82) is 0 Å². The zero-order valence-electron chi connectivity index (χ0n) is 14.8. The summed E-state index contributed by atoms with van der Waals surface area (Å²) in [6, 6.07) is 13.5. The van der Waals surface area contributed by atoms with Crippen LogP contribution in [0.5, 0.6) is 17.2 Å². The van der Waals surface area contributed by atoms with E-state index in [2.05, 4.69) is 0 Å². The third-order valence-corrected chi connectivity index (χ3v) is 5.31. The summed E-state index contributed by atoms with van der Waals surface area (Å²) in [6.07, 6.45) is 0. The number of fused-ring (bicyclic) bond motifs is 1. The van der Waals surface area contributed by atoms with Gasteiger partial charge in [0.1, 0.15) is 0 Å². The Kier molecular flexibility index (Phi) is 5.32. The van der Waals surface area contributed by atoms with Crippen LogP contribution in [-0.2, 0) is 0 Å². The molecular weight excluding hydrogens is 352 g/mol. The molecule has 0 saturated carbocycles. The number of methoxy groups -OCH3 is 2. The van der Waals surface area contributed by atoms with Crippen molar-refractivity contribution in [3.8, 4) is 17.2 Å². The lowest BCUT2D eigenvalue weighted by atomic mass is 10.0. The summed E-state index contributed by atoms with van der Waals surface area (Å²) < 4.78 is 17.4. The van der Waals surface area contributed by atoms with Gasteiger partial charge in [0.15, 0.2) is 22.1 Å². The summed E-state index contributed by atoms with van der Waals surface area (Å²) in [5.74, 6) is 0.596. The average Bonchev–Trinajstić information content (AvgIpc) is 3.03. The first-order chi connectivity index (χ1) is 12.5. The van der Waals surface area contributed by atoms with E-state index in [1.54, 1.807) is 26.4 Å². The molecule has 0 aliphatic heterocycles. The summed E-state index contributed by atoms with van der Waals surface area (Å²) in [4.78, 5) is 11.9. The fourth-order valence-corrected chi connectivity index (χ4v) is 3.77. The van der Waals surface area contributed by atoms with Crippen molar-refractivity contribution in [3.05, 3.63) is 52.9 Å². The first-order valence-corrected chi connectivity index (χ1v) is 8.96. The van der Waals surface area contributed by atoms with Crippen molar-refractivity contribution in [2.75, 3.05) is 20.8 Å². The summed E-state index contributed by atoms with van der Waals surface area (Å²) in [7, 11) is 3.10. The van der Waals surface area contributed by atoms with E-state index in [1.165, 1.54) is 11.3 Å². The van der Waals surface area contributed by atoms with Crippen LogP contribution in [0.3, 0.4) is 0 Å². The van der Waals surface area contributed by atoms with Gasteiger partial charge in [-0.25, -0.2) is 4.79 Å². The molecular formula is C20H20O5S. The molecule has 0 spiro atoms. The van der Waals surface area contributed by atoms with E-state index in [4.69, 9.17) is 14.2 Å². The minimum absolute atomic E-state index is 0.132. The van der Waals surface area contributed by atoms with Crippen LogP contribution in [0.1, 0.15) is 28.1 Å². The number of aromatic carboxylic acids is 1. The lowest BCUT2D eigenvalue weighted by Crippen LogP contribution is -2.08. The summed E-state index contributed by atoms with van der Waals surface area (Å²) in [6.45, 7) is 2.43. The van der Waals surface area contributed by atoms with Crippen LogP contribution < -0.4 is 14.2 Å². The highest BCUT2D eigenvalue weighted by Crippen LogP contribution is 2.43. The highest BCUT2D eigenvalue weighted by Gasteiger charge is 2.22. The van der Waals surface area contributed by atoms with Gasteiger partial charge in [0.2, 0.25) is 0 Å². The van der Waals surface area contributed by atoms with Gasteiger partial charge in [-0.15, -0.1) is 11.3 Å². The first-order valence-electron chi connectivity index (χ1n) is 8.14. The number of thiophene rings is 1. The van der Waals surface area contributed by atoms with E-state index in [1.807, 2.05) is 37.3 Å². The molecule has 5 nitrogen and oxygen atoms in total. The largest absolute Gasteiger partial charge is 0.493 e. The van der Waals surface area contributed by atoms with Crippen molar-refractivity contribution in [2.45, 2.75) is 12.8 Å². The summed E-state index contributed by atoms with van der Waals surface area (Å²) >= 11 is 1.17. The maximum absolute atomic E-state index is 11.7. The predicted octanol–water partition coefficient (Wildman–Crippen LogP) is 4.80. The first kappa shape index (κ1) is 18.1. The Morgan fingerprint density at radius 1 is 1.12 bits per heavy atom. The summed E-state index contributed by atoms with van der Waals surface area (Å²) in [5, 5.41) is 10.3. The van der Waals surface area contributed by atoms with E-state index in [0.717, 1.165) is 10.3 Å². The number of carbonyl (C=O) groups is 1. The van der Waals surface area contributed by atoms with Crippen LogP contribution in [0.2, 0.25) is 0 Å². The number of hydrogen-bond acceptors (Lipinski definition) is 5. The minimum atomic E-state index is -1.01. The quantitative estimate of drug-likeness (QED) is 0.645. The Bertz CT molecular complexity index is 917. The van der Waals surface area contributed by atoms with Gasteiger partial charge in [-0.05, 0) is 11.6 Å². The Hall–Kier alpha value is -2.73. The number of hydrogen-bond donors (Lipinski definition) is 1. The van der Waals surface area contributed by atoms with Crippen LogP contribution >= 0.6 is 11.3 Å². The number of benzene rings is 2. The maximum Gasteiger partial charge on any atom is 0.349 e. The second-order valence-electron chi connectivity index (χ2n) is 5.89. The molecule has 0 bridgehead atoms. The molecule has 0 radical (unpaired) electrons. The van der Waals surface area contributed by atoms with Gasteiger partial charge in [-0.2, -0.15) is 0 Å². The maximum atomic E-state index is 11.7. The molecule has 1 N–H and O–H groups in total. The lowest BCUT2D eigenvalue weighted by molar-refractivity contribution is 0.0698. The van der Waals surface area contributed by atoms with Crippen molar-refractivity contribution in [2.24, 2.45) is 0 Å². The van der Waals surface area contributed by atoms with Crippen molar-refractivity contribution in [1.82, 2.24) is 0 Å². The van der Waals surface area contributed by atoms with Crippen LogP contribution in [0, 0.1) is 0 Å². The van der Waals surface area contributed by atoms with E-state index < -0.39 is 5.97 Å². The predicted molar refractivity (Wildman–Crippen MR) is 102 cm³/mol. The molecule has 26 heavy (non-hydrogen) atoms. The minimum Gasteiger partial charge on any atom is -0.493 e. The second-order valence-corrected chi connectivity index (χ2v) is 6.94. The van der Waals surface area contributed by atoms with Gasteiger partial charge in [0, 0.05) is 22.1 Å². The van der Waals surface area contributed by atoms with E-state index >= 15 is 0 Å². The number of ether oxygens (including phenoxy) is 3. The standard InChI is InChI=1S/C20H20O5S/c1-12(13-7-5-4-6-8-13)11-25-18-14-9-15(23-2)16(24-3)10-17(14)26-19(18)20(21)22/h4-10,12H,11H2,1-3H3,(H,21,22)/t12-/m0/s1. The number of rotatable bonds is 7. The fraction of sp³-hybridized carbons (Fsp3) is 0.250. The Morgan fingerprint density at radius 3 is 2.38 bits per heavy atom. The van der Waals surface area contributed by atoms with Crippen LogP contribution in [0.25, 0.3) is 10.1 Å². The summed E-state index contributed by atoms with van der Waals surface area (Å²) in [5.41, 5.74) is 1.14. The molecule has 1 atom stereocenters. The van der Waals surface area contributed by atoms with Gasteiger partial charge >= 0.3 is 5.97 Å². The molecule has 0 saturated heterocycles. The third kappa shape index (κ3) is 3.46. The monoisotopic (exact) mass is 372 g/mol. The van der Waals surface area contributed by atoms with Gasteiger partial charge in [-0.1, -0.05) is 37.3 Å². The molecule has 0 aliphatic carbocycles. The topological polar surface area (TPSA) is 65.0 Å². The van der Waals surface area contributed by atoms with E-state index in [9.17, 15) is 9.90 Å². The van der Waals surface area contributed by atoms with Crippen molar-refractivity contribution < 1.29 is 24.1 Å². The van der Waals surface area contributed by atoms with Crippen molar-refractivity contribution in [3.63, 3.8) is 0 Å². The second kappa shape index (κ2) is 7.66. The van der Waals surface area contributed by atoms with Gasteiger partial charge < -0.3 is 19.3 Å². The molecule has 1 aromatic heterocycles. The Morgan fingerprint density at radius 2 is 1.77 bits per heavy atom.